The maximum absolute atomic E-state index is 12.4. The number of nitrogens with zero attached hydrogens (tertiary/aromatic N) is 1. The first kappa shape index (κ1) is 18.9. The summed E-state index contributed by atoms with van der Waals surface area (Å²) >= 11 is 0. The Hall–Kier alpha value is -3.87. The van der Waals surface area contributed by atoms with Gasteiger partial charge in [-0.3, -0.25) is 9.89 Å². The first-order valence-electron chi connectivity index (χ1n) is 8.34. The normalized spacial score (nSPS) is 10.8. The fraction of sp³-hybridized carbons (Fsp3) is 0.0952. The number of carboxylic acids is 1. The van der Waals surface area contributed by atoms with E-state index in [1.54, 1.807) is 31.6 Å². The number of carbonyl (C=O) groups is 2. The quantitative estimate of drug-likeness (QED) is 0.480. The van der Waals surface area contributed by atoms with Gasteiger partial charge in [0.2, 0.25) is 0 Å². The van der Waals surface area contributed by atoms with Gasteiger partial charge >= 0.3 is 5.97 Å². The van der Waals surface area contributed by atoms with E-state index in [0.717, 1.165) is 11.1 Å². The number of ketones is 1. The summed E-state index contributed by atoms with van der Waals surface area (Å²) in [6, 6.07) is 9.35. The molecular weight excluding hydrogens is 360 g/mol. The van der Waals surface area contributed by atoms with E-state index >= 15 is 0 Å². The zero-order valence-electron chi connectivity index (χ0n) is 15.3. The summed E-state index contributed by atoms with van der Waals surface area (Å²) < 4.78 is 10.8. The molecule has 0 aliphatic carbocycles. The average molecular weight is 378 g/mol. The summed E-state index contributed by atoms with van der Waals surface area (Å²) in [7, 11) is 3.11. The van der Waals surface area contributed by atoms with Crippen molar-refractivity contribution in [2.24, 2.45) is 0 Å². The molecule has 0 saturated heterocycles. The van der Waals surface area contributed by atoms with Crippen LogP contribution in [0.15, 0.2) is 54.9 Å². The van der Waals surface area contributed by atoms with Gasteiger partial charge in [0, 0.05) is 34.5 Å². The second-order valence-corrected chi connectivity index (χ2v) is 5.86. The predicted octanol–water partition coefficient (Wildman–Crippen LogP) is 3.69. The summed E-state index contributed by atoms with van der Waals surface area (Å²) in [5.41, 5.74) is 2.85. The molecule has 0 aliphatic heterocycles. The number of benzene rings is 2. The summed E-state index contributed by atoms with van der Waals surface area (Å²) in [6.07, 6.45) is 6.48. The van der Waals surface area contributed by atoms with Crippen LogP contribution < -0.4 is 9.47 Å². The van der Waals surface area contributed by atoms with Crippen molar-refractivity contribution >= 4 is 17.8 Å². The fourth-order valence-corrected chi connectivity index (χ4v) is 2.72. The lowest BCUT2D eigenvalue weighted by Gasteiger charge is -2.12. The van der Waals surface area contributed by atoms with E-state index in [0.29, 0.717) is 22.6 Å². The number of aromatic nitrogens is 2. The molecule has 7 heteroatoms. The molecule has 0 fully saturated rings. The molecule has 2 N–H and O–H groups in total. The Kier molecular flexibility index (Phi) is 5.55. The number of methoxy groups -OCH3 is 2. The number of aromatic carboxylic acids is 1. The van der Waals surface area contributed by atoms with Gasteiger partial charge < -0.3 is 14.6 Å². The summed E-state index contributed by atoms with van der Waals surface area (Å²) in [5.74, 6) is -0.121. The van der Waals surface area contributed by atoms with Crippen molar-refractivity contribution in [1.29, 1.82) is 0 Å². The molecule has 0 radical (unpaired) electrons. The molecule has 28 heavy (non-hydrogen) atoms. The fourth-order valence-electron chi connectivity index (χ4n) is 2.72. The first-order valence-corrected chi connectivity index (χ1v) is 8.34. The van der Waals surface area contributed by atoms with E-state index in [4.69, 9.17) is 14.6 Å². The van der Waals surface area contributed by atoms with Crippen LogP contribution in [0.2, 0.25) is 0 Å². The molecule has 1 heterocycles. The Morgan fingerprint density at radius 2 is 1.71 bits per heavy atom. The topological polar surface area (TPSA) is 102 Å². The molecule has 3 aromatic rings. The van der Waals surface area contributed by atoms with Crippen molar-refractivity contribution < 1.29 is 24.2 Å². The van der Waals surface area contributed by atoms with Gasteiger partial charge in [-0.25, -0.2) is 4.79 Å². The van der Waals surface area contributed by atoms with Crippen LogP contribution in [0.4, 0.5) is 0 Å². The number of carbonyl (C=O) groups excluding carboxylic acids is 1. The third-order valence-corrected chi connectivity index (χ3v) is 4.19. The number of hydrogen-bond donors (Lipinski definition) is 2. The van der Waals surface area contributed by atoms with E-state index in [1.165, 1.54) is 37.5 Å². The van der Waals surface area contributed by atoms with E-state index in [1.807, 2.05) is 6.07 Å². The Bertz CT molecular complexity index is 1020. The molecule has 0 amide bonds. The highest BCUT2D eigenvalue weighted by Gasteiger charge is 2.13. The maximum atomic E-state index is 12.4. The number of H-pyrrole nitrogens is 1. The van der Waals surface area contributed by atoms with Crippen molar-refractivity contribution in [2.75, 3.05) is 14.2 Å². The number of allylic oxidation sites excluding steroid dienone is 1. The Labute approximate surface area is 161 Å². The predicted molar refractivity (Wildman–Crippen MR) is 104 cm³/mol. The van der Waals surface area contributed by atoms with Gasteiger partial charge in [-0.15, -0.1) is 0 Å². The minimum Gasteiger partial charge on any atom is -0.496 e. The number of hydrogen-bond acceptors (Lipinski definition) is 5. The number of carboxylic acid groups (broad SMARTS) is 1. The van der Waals surface area contributed by atoms with Gasteiger partial charge in [0.25, 0.3) is 0 Å². The lowest BCUT2D eigenvalue weighted by atomic mass is 10.0. The standard InChI is InChI=1S/C21H18N2O5/c1-27-19-10-20(28-2)17(16-11-22-23-12-16)9-15(19)7-8-18(24)13-3-5-14(6-4-13)21(25)26/h3-12H,1-2H3,(H,22,23)(H,25,26)/b8-7+. The van der Waals surface area contributed by atoms with E-state index in [-0.39, 0.29) is 11.3 Å². The molecule has 0 aliphatic rings. The summed E-state index contributed by atoms with van der Waals surface area (Å²) in [4.78, 5) is 23.3. The monoisotopic (exact) mass is 378 g/mol. The van der Waals surface area contributed by atoms with Gasteiger partial charge in [-0.2, -0.15) is 5.10 Å². The van der Waals surface area contributed by atoms with Gasteiger partial charge in [-0.05, 0) is 30.4 Å². The van der Waals surface area contributed by atoms with Crippen LogP contribution in [-0.4, -0.2) is 41.3 Å². The zero-order chi connectivity index (χ0) is 20.1. The van der Waals surface area contributed by atoms with Crippen molar-refractivity contribution in [2.45, 2.75) is 0 Å². The highest BCUT2D eigenvalue weighted by Crippen LogP contribution is 2.36. The second kappa shape index (κ2) is 8.22. The Morgan fingerprint density at radius 1 is 1.04 bits per heavy atom. The molecule has 0 saturated carbocycles. The summed E-state index contributed by atoms with van der Waals surface area (Å²) in [6.45, 7) is 0. The third kappa shape index (κ3) is 3.93. The van der Waals surface area contributed by atoms with Crippen LogP contribution in [0.5, 0.6) is 11.5 Å². The van der Waals surface area contributed by atoms with Crippen LogP contribution >= 0.6 is 0 Å². The zero-order valence-corrected chi connectivity index (χ0v) is 15.3. The molecule has 7 nitrogen and oxygen atoms in total. The molecule has 0 bridgehead atoms. The number of ether oxygens (including phenoxy) is 2. The van der Waals surface area contributed by atoms with Gasteiger partial charge in [0.15, 0.2) is 5.78 Å². The van der Waals surface area contributed by atoms with Gasteiger partial charge in [0.05, 0.1) is 26.0 Å². The van der Waals surface area contributed by atoms with Crippen molar-refractivity contribution in [3.05, 3.63) is 71.6 Å². The van der Waals surface area contributed by atoms with Crippen LogP contribution in [-0.2, 0) is 0 Å². The third-order valence-electron chi connectivity index (χ3n) is 4.19. The van der Waals surface area contributed by atoms with Crippen LogP contribution in [0.25, 0.3) is 17.2 Å². The number of aromatic amines is 1. The number of nitrogens with one attached hydrogen (secondary N) is 1. The SMILES string of the molecule is COc1cc(OC)c(-c2cn[nH]c2)cc1/C=C/C(=O)c1ccc(C(=O)O)cc1. The minimum absolute atomic E-state index is 0.127. The van der Waals surface area contributed by atoms with Crippen molar-refractivity contribution in [1.82, 2.24) is 10.2 Å². The smallest absolute Gasteiger partial charge is 0.335 e. The Morgan fingerprint density at radius 3 is 2.29 bits per heavy atom. The van der Waals surface area contributed by atoms with Gasteiger partial charge in [-0.1, -0.05) is 12.1 Å². The lowest BCUT2D eigenvalue weighted by molar-refractivity contribution is 0.0696. The van der Waals surface area contributed by atoms with Crippen molar-refractivity contribution in [3.8, 4) is 22.6 Å². The second-order valence-electron chi connectivity index (χ2n) is 5.86. The first-order chi connectivity index (χ1) is 13.5. The summed E-state index contributed by atoms with van der Waals surface area (Å²) in [5, 5.41) is 15.7. The van der Waals surface area contributed by atoms with Crippen LogP contribution in [0.1, 0.15) is 26.3 Å². The molecule has 142 valence electrons. The molecule has 0 spiro atoms. The Balaban J connectivity index is 1.93. The van der Waals surface area contributed by atoms with Crippen LogP contribution in [0.3, 0.4) is 0 Å². The molecule has 3 rings (SSSR count). The van der Waals surface area contributed by atoms with Crippen LogP contribution in [0, 0.1) is 0 Å². The lowest BCUT2D eigenvalue weighted by Crippen LogP contribution is -1.99. The molecule has 1 aromatic heterocycles. The highest BCUT2D eigenvalue weighted by molar-refractivity contribution is 6.07. The average Bonchev–Trinajstić information content (AvgIpc) is 3.26. The molecule has 0 unspecified atom stereocenters. The number of rotatable bonds is 7. The minimum atomic E-state index is -1.04. The molecule has 2 aromatic carbocycles. The molecule has 0 atom stereocenters. The highest BCUT2D eigenvalue weighted by atomic mass is 16.5. The largest absolute Gasteiger partial charge is 0.496 e. The van der Waals surface area contributed by atoms with E-state index in [9.17, 15) is 9.59 Å². The molecular formula is C21H18N2O5. The van der Waals surface area contributed by atoms with Gasteiger partial charge in [0.1, 0.15) is 11.5 Å². The maximum Gasteiger partial charge on any atom is 0.335 e. The van der Waals surface area contributed by atoms with E-state index < -0.39 is 5.97 Å². The van der Waals surface area contributed by atoms with E-state index in [2.05, 4.69) is 10.2 Å². The van der Waals surface area contributed by atoms with Crippen molar-refractivity contribution in [3.63, 3.8) is 0 Å².